The summed E-state index contributed by atoms with van der Waals surface area (Å²) < 4.78 is 30.9. The summed E-state index contributed by atoms with van der Waals surface area (Å²) in [7, 11) is 3.72. The maximum Gasteiger partial charge on any atom is 0.316 e. The smallest absolute Gasteiger partial charge is 0.316 e. The quantitative estimate of drug-likeness (QED) is 0.208. The highest BCUT2D eigenvalue weighted by Crippen LogP contribution is 2.39. The van der Waals surface area contributed by atoms with Crippen LogP contribution in [-0.4, -0.2) is 113 Å². The van der Waals surface area contributed by atoms with Gasteiger partial charge in [-0.15, -0.1) is 11.3 Å². The predicted molar refractivity (Wildman–Crippen MR) is 204 cm³/mol. The number of thiophene rings is 1. The zero-order valence-electron chi connectivity index (χ0n) is 33.4. The van der Waals surface area contributed by atoms with E-state index in [1.165, 1.54) is 18.3 Å². The van der Waals surface area contributed by atoms with E-state index in [1.807, 2.05) is 50.4 Å². The molecule has 3 aliphatic rings. The first-order valence-electron chi connectivity index (χ1n) is 19.1. The van der Waals surface area contributed by atoms with E-state index in [9.17, 15) is 24.3 Å². The average Bonchev–Trinajstić information content (AvgIpc) is 3.91. The SMILES string of the molecule is CC[C@H]1OC(=O)[C@H](C)C(=O)[C@H](C)[C@@H](O[C@@H]2O[C@H](C)C[C@H](N(C)C)[C@H]2O)[C@](C)(OCC#Cc2cc(-c3cccs3)no2)C[C@@H](C)C(=O)[C@H](C)[C@H]2NC(=O)N[C@@]21C. The molecular formula is C40H56N4O10S. The maximum absolute atomic E-state index is 14.4. The minimum Gasteiger partial charge on any atom is -0.459 e. The minimum absolute atomic E-state index is 0.0568. The van der Waals surface area contributed by atoms with Gasteiger partial charge in [-0.2, -0.15) is 0 Å². The summed E-state index contributed by atoms with van der Waals surface area (Å²) in [6, 6.07) is 4.04. The van der Waals surface area contributed by atoms with Crippen LogP contribution in [0.3, 0.4) is 0 Å². The molecule has 5 rings (SSSR count). The van der Waals surface area contributed by atoms with E-state index < -0.39 is 83.2 Å². The molecule has 2 aromatic rings. The van der Waals surface area contributed by atoms with Crippen LogP contribution in [-0.2, 0) is 33.3 Å². The second kappa shape index (κ2) is 17.2. The third-order valence-corrected chi connectivity index (χ3v) is 12.5. The van der Waals surface area contributed by atoms with Crippen molar-refractivity contribution in [2.45, 2.75) is 129 Å². The Balaban J connectivity index is 1.55. The fourth-order valence-electron chi connectivity index (χ4n) is 8.47. The van der Waals surface area contributed by atoms with Crippen LogP contribution in [0.2, 0.25) is 0 Å². The second-order valence-corrected chi connectivity index (χ2v) is 16.9. The molecule has 3 aliphatic heterocycles. The number of aliphatic hydroxyl groups is 1. The molecular weight excluding hydrogens is 729 g/mol. The number of fused-ring (bicyclic) bond motifs is 1. The Morgan fingerprint density at radius 2 is 1.82 bits per heavy atom. The molecule has 55 heavy (non-hydrogen) atoms. The molecule has 0 bridgehead atoms. The molecule has 15 heteroatoms. The Bertz CT molecular complexity index is 1750. The number of esters is 1. The molecule has 0 saturated carbocycles. The fourth-order valence-corrected chi connectivity index (χ4v) is 9.15. The first-order valence-corrected chi connectivity index (χ1v) is 19.9. The van der Waals surface area contributed by atoms with Crippen LogP contribution in [0, 0.1) is 35.5 Å². The molecule has 14 nitrogen and oxygen atoms in total. The number of carbonyl (C=O) groups excluding carboxylic acids is 4. The van der Waals surface area contributed by atoms with Gasteiger partial charge in [-0.25, -0.2) is 4.79 Å². The molecule has 5 heterocycles. The van der Waals surface area contributed by atoms with Gasteiger partial charge in [-0.1, -0.05) is 44.8 Å². The number of hydrogen-bond donors (Lipinski definition) is 3. The van der Waals surface area contributed by atoms with Crippen molar-refractivity contribution in [3.05, 3.63) is 29.3 Å². The highest BCUT2D eigenvalue weighted by molar-refractivity contribution is 7.13. The Labute approximate surface area is 327 Å². The van der Waals surface area contributed by atoms with Crippen molar-refractivity contribution in [3.8, 4) is 22.4 Å². The zero-order chi connectivity index (χ0) is 40.4. The lowest BCUT2D eigenvalue weighted by atomic mass is 9.73. The largest absolute Gasteiger partial charge is 0.459 e. The van der Waals surface area contributed by atoms with E-state index in [2.05, 4.69) is 27.6 Å². The number of nitrogens with zero attached hydrogens (tertiary/aromatic N) is 2. The second-order valence-electron chi connectivity index (χ2n) is 16.0. The lowest BCUT2D eigenvalue weighted by molar-refractivity contribution is -0.296. The third-order valence-electron chi connectivity index (χ3n) is 11.6. The number of likely N-dealkylation sites (N-methyl/N-ethyl adjacent to an activating group) is 1. The van der Waals surface area contributed by atoms with Crippen LogP contribution in [0.4, 0.5) is 4.79 Å². The Morgan fingerprint density at radius 3 is 2.47 bits per heavy atom. The number of ketones is 2. The summed E-state index contributed by atoms with van der Waals surface area (Å²) in [4.78, 5) is 58.3. The molecule has 0 aliphatic carbocycles. The van der Waals surface area contributed by atoms with Crippen molar-refractivity contribution in [2.24, 2.45) is 23.7 Å². The van der Waals surface area contributed by atoms with Crippen LogP contribution in [0.15, 0.2) is 28.1 Å². The molecule has 2 aromatic heterocycles. The van der Waals surface area contributed by atoms with Crippen LogP contribution in [0.5, 0.6) is 0 Å². The predicted octanol–water partition coefficient (Wildman–Crippen LogP) is 4.19. The van der Waals surface area contributed by atoms with E-state index in [0.29, 0.717) is 24.3 Å². The van der Waals surface area contributed by atoms with Crippen molar-refractivity contribution < 1.29 is 47.8 Å². The first kappa shape index (κ1) is 42.5. The van der Waals surface area contributed by atoms with Gasteiger partial charge in [0.05, 0.1) is 34.3 Å². The van der Waals surface area contributed by atoms with Crippen LogP contribution >= 0.6 is 11.3 Å². The summed E-state index contributed by atoms with van der Waals surface area (Å²) in [6.45, 7) is 13.7. The number of aromatic nitrogens is 1. The normalized spacial score (nSPS) is 37.6. The summed E-state index contributed by atoms with van der Waals surface area (Å²) >= 11 is 1.52. The average molecular weight is 785 g/mol. The van der Waals surface area contributed by atoms with Crippen molar-refractivity contribution in [2.75, 3.05) is 20.7 Å². The molecule has 3 fully saturated rings. The van der Waals surface area contributed by atoms with Gasteiger partial charge >= 0.3 is 12.0 Å². The van der Waals surface area contributed by atoms with Crippen molar-refractivity contribution in [3.63, 3.8) is 0 Å². The van der Waals surface area contributed by atoms with Crippen molar-refractivity contribution >= 4 is 34.9 Å². The number of nitrogens with one attached hydrogen (secondary N) is 2. The van der Waals surface area contributed by atoms with Gasteiger partial charge in [0.2, 0.25) is 5.76 Å². The molecule has 0 unspecified atom stereocenters. The summed E-state index contributed by atoms with van der Waals surface area (Å²) in [5.41, 5.74) is -1.91. The molecule has 13 atom stereocenters. The topological polar surface area (TPSA) is 179 Å². The number of cyclic esters (lactones) is 1. The van der Waals surface area contributed by atoms with Gasteiger partial charge in [0.15, 0.2) is 12.1 Å². The number of urea groups is 1. The van der Waals surface area contributed by atoms with Crippen molar-refractivity contribution in [1.29, 1.82) is 0 Å². The van der Waals surface area contributed by atoms with Gasteiger partial charge in [0.25, 0.3) is 0 Å². The fraction of sp³-hybridized carbons (Fsp3) is 0.675. The lowest BCUT2D eigenvalue weighted by Gasteiger charge is -2.47. The highest BCUT2D eigenvalue weighted by atomic mass is 32.1. The monoisotopic (exact) mass is 784 g/mol. The third kappa shape index (κ3) is 9.00. The number of amides is 2. The number of aliphatic hydroxyl groups excluding tert-OH is 1. The van der Waals surface area contributed by atoms with E-state index >= 15 is 0 Å². The maximum atomic E-state index is 14.4. The van der Waals surface area contributed by atoms with Crippen molar-refractivity contribution in [1.82, 2.24) is 20.7 Å². The molecule has 302 valence electrons. The number of ether oxygens (including phenoxy) is 4. The first-order chi connectivity index (χ1) is 25.9. The van der Waals surface area contributed by atoms with E-state index in [1.54, 1.807) is 40.7 Å². The van der Waals surface area contributed by atoms with Gasteiger partial charge in [0.1, 0.15) is 36.2 Å². The molecule has 2 amide bonds. The molecule has 3 saturated heterocycles. The summed E-state index contributed by atoms with van der Waals surface area (Å²) in [5, 5.41) is 23.4. The Kier molecular flexibility index (Phi) is 13.3. The lowest BCUT2D eigenvalue weighted by Crippen LogP contribution is -2.62. The molecule has 0 radical (unpaired) electrons. The van der Waals surface area contributed by atoms with Gasteiger partial charge in [0, 0.05) is 29.9 Å². The number of Topliss-reactive ketones (excluding diaryl/α,β-unsaturated/α-hetero) is 2. The van der Waals surface area contributed by atoms with Gasteiger partial charge in [-0.05, 0) is 78.4 Å². The van der Waals surface area contributed by atoms with Crippen LogP contribution < -0.4 is 10.6 Å². The number of carbonyl (C=O) groups is 4. The number of hydrogen-bond acceptors (Lipinski definition) is 13. The molecule has 0 spiro atoms. The summed E-state index contributed by atoms with van der Waals surface area (Å²) in [5.74, 6) is 1.16. The highest BCUT2D eigenvalue weighted by Gasteiger charge is 2.55. The van der Waals surface area contributed by atoms with E-state index in [0.717, 1.165) is 4.88 Å². The zero-order valence-corrected chi connectivity index (χ0v) is 34.2. The van der Waals surface area contributed by atoms with E-state index in [-0.39, 0.29) is 31.0 Å². The molecule has 0 aromatic carbocycles. The van der Waals surface area contributed by atoms with E-state index in [4.69, 9.17) is 23.5 Å². The van der Waals surface area contributed by atoms with Crippen LogP contribution in [0.25, 0.3) is 10.6 Å². The van der Waals surface area contributed by atoms with Gasteiger partial charge < -0.3 is 44.1 Å². The summed E-state index contributed by atoms with van der Waals surface area (Å²) in [6.07, 6.45) is -3.64. The molecule has 3 N–H and O–H groups in total. The van der Waals surface area contributed by atoms with Crippen LogP contribution in [0.1, 0.15) is 80.4 Å². The Hall–Kier alpha value is -3.65. The minimum atomic E-state index is -1.42. The Morgan fingerprint density at radius 1 is 1.09 bits per heavy atom. The van der Waals surface area contributed by atoms with Gasteiger partial charge in [-0.3, -0.25) is 14.4 Å². The standard InChI is InChI=1S/C40H56N4O10S/c1-11-30-40(8)34(41-38(49)42-40)23(4)31(45)21(2)20-39(7,50-16-12-14-26-19-27(43-54-26)29-15-13-17-55-29)35(24(5)32(46)25(6)36(48)52-30)53-37-33(47)28(44(9)10)18-22(3)51-37/h13,15,17,19,21-25,28,30,33-35,37,47H,11,16,18,20H2,1-10H3,(H2,41,42,49)/t21-,22-,23+,24+,25-,28+,30-,33-,34-,35-,37+,39-,40-/m1/s1. The number of rotatable bonds is 7.